The maximum Gasteiger partial charge on any atom is 0.257 e. The van der Waals surface area contributed by atoms with Crippen molar-refractivity contribution in [3.8, 4) is 0 Å². The molecular weight excluding hydrogens is 392 g/mol. The zero-order valence-electron chi connectivity index (χ0n) is 14.7. The number of amides is 2. The molecule has 3 heterocycles. The van der Waals surface area contributed by atoms with Gasteiger partial charge in [-0.15, -0.1) is 11.3 Å². The first kappa shape index (κ1) is 19.4. The van der Waals surface area contributed by atoms with Crippen LogP contribution in [-0.4, -0.2) is 55.5 Å². The second kappa shape index (κ2) is 8.09. The van der Waals surface area contributed by atoms with Crippen LogP contribution in [0.3, 0.4) is 0 Å². The molecule has 0 saturated carbocycles. The second-order valence-electron chi connectivity index (χ2n) is 6.34. The summed E-state index contributed by atoms with van der Waals surface area (Å²) in [4.78, 5) is 30.3. The summed E-state index contributed by atoms with van der Waals surface area (Å²) in [6, 6.07) is 1.63. The van der Waals surface area contributed by atoms with Crippen molar-refractivity contribution in [3.05, 3.63) is 35.2 Å². The van der Waals surface area contributed by atoms with Crippen molar-refractivity contribution in [2.75, 3.05) is 24.1 Å². The highest BCUT2D eigenvalue weighted by molar-refractivity contribution is 7.92. The molecule has 2 N–H and O–H groups in total. The van der Waals surface area contributed by atoms with Gasteiger partial charge in [0.2, 0.25) is 15.9 Å². The Morgan fingerprint density at radius 1 is 1.37 bits per heavy atom. The number of carbonyl (C=O) groups is 2. The highest BCUT2D eigenvalue weighted by atomic mass is 32.2. The molecule has 11 heteroatoms. The Kier molecular flexibility index (Phi) is 5.80. The Morgan fingerprint density at radius 2 is 2.11 bits per heavy atom. The lowest BCUT2D eigenvalue weighted by Gasteiger charge is -2.32. The largest absolute Gasteiger partial charge is 0.472 e. The summed E-state index contributed by atoms with van der Waals surface area (Å²) in [5, 5.41) is 4.84. The van der Waals surface area contributed by atoms with Crippen LogP contribution in [0.4, 0.5) is 5.13 Å². The zero-order valence-corrected chi connectivity index (χ0v) is 16.3. The summed E-state index contributed by atoms with van der Waals surface area (Å²) in [6.45, 7) is 1.13. The highest BCUT2D eigenvalue weighted by Gasteiger charge is 2.25. The topological polar surface area (TPSA) is 122 Å². The average Bonchev–Trinajstić information content (AvgIpc) is 3.25. The molecule has 2 aromatic rings. The standard InChI is InChI=1S/C16H20N4O5S2/c1-27(23,24)19-16-18-13(10-26-16)8-14(21)17-12-2-5-20(6-3-12)15(22)11-4-7-25-9-11/h4,7,9-10,12H,2-3,5-6,8H2,1H3,(H,17,21)(H,18,19). The molecule has 1 aliphatic rings. The Hall–Kier alpha value is -2.40. The molecule has 0 bridgehead atoms. The van der Waals surface area contributed by atoms with Gasteiger partial charge in [0, 0.05) is 24.5 Å². The molecule has 0 aromatic carbocycles. The minimum Gasteiger partial charge on any atom is -0.472 e. The van der Waals surface area contributed by atoms with E-state index in [4.69, 9.17) is 4.42 Å². The van der Waals surface area contributed by atoms with Gasteiger partial charge >= 0.3 is 0 Å². The lowest BCUT2D eigenvalue weighted by Crippen LogP contribution is -2.46. The molecule has 2 aromatic heterocycles. The summed E-state index contributed by atoms with van der Waals surface area (Å²) < 4.78 is 29.6. The fourth-order valence-electron chi connectivity index (χ4n) is 2.83. The zero-order chi connectivity index (χ0) is 19.4. The van der Waals surface area contributed by atoms with Crippen LogP contribution in [0.5, 0.6) is 0 Å². The Labute approximate surface area is 160 Å². The number of anilines is 1. The summed E-state index contributed by atoms with van der Waals surface area (Å²) in [5.74, 6) is -0.243. The van der Waals surface area contributed by atoms with Crippen LogP contribution in [0.25, 0.3) is 0 Å². The molecule has 146 valence electrons. The minimum atomic E-state index is -3.38. The van der Waals surface area contributed by atoms with E-state index in [1.165, 1.54) is 12.5 Å². The van der Waals surface area contributed by atoms with E-state index in [1.54, 1.807) is 16.3 Å². The van der Waals surface area contributed by atoms with Gasteiger partial charge < -0.3 is 14.6 Å². The van der Waals surface area contributed by atoms with E-state index in [-0.39, 0.29) is 29.4 Å². The number of hydrogen-bond acceptors (Lipinski definition) is 7. The van der Waals surface area contributed by atoms with E-state index >= 15 is 0 Å². The predicted octanol–water partition coefficient (Wildman–Crippen LogP) is 1.07. The van der Waals surface area contributed by atoms with Crippen molar-refractivity contribution < 1.29 is 22.4 Å². The van der Waals surface area contributed by atoms with Gasteiger partial charge in [-0.25, -0.2) is 13.4 Å². The van der Waals surface area contributed by atoms with Crippen molar-refractivity contribution >= 4 is 38.3 Å². The maximum absolute atomic E-state index is 12.3. The number of thiazole rings is 1. The van der Waals surface area contributed by atoms with Crippen molar-refractivity contribution in [3.63, 3.8) is 0 Å². The molecule has 0 unspecified atom stereocenters. The molecule has 9 nitrogen and oxygen atoms in total. The van der Waals surface area contributed by atoms with Crippen LogP contribution in [0.1, 0.15) is 28.9 Å². The summed E-state index contributed by atoms with van der Waals surface area (Å²) in [5.41, 5.74) is 1.04. The maximum atomic E-state index is 12.3. The molecule has 0 atom stereocenters. The molecule has 1 aliphatic heterocycles. The number of sulfonamides is 1. The minimum absolute atomic E-state index is 0.00171. The van der Waals surface area contributed by atoms with E-state index in [2.05, 4.69) is 15.0 Å². The average molecular weight is 412 g/mol. The number of furan rings is 1. The molecule has 0 aliphatic carbocycles. The predicted molar refractivity (Wildman–Crippen MR) is 100 cm³/mol. The van der Waals surface area contributed by atoms with Crippen LogP contribution in [0.15, 0.2) is 28.4 Å². The smallest absolute Gasteiger partial charge is 0.257 e. The molecule has 1 fully saturated rings. The Bertz CT molecular complexity index is 899. The highest BCUT2D eigenvalue weighted by Crippen LogP contribution is 2.18. The summed E-state index contributed by atoms with van der Waals surface area (Å²) in [7, 11) is -3.38. The molecule has 1 saturated heterocycles. The first-order valence-electron chi connectivity index (χ1n) is 8.33. The first-order chi connectivity index (χ1) is 12.8. The van der Waals surface area contributed by atoms with Crippen LogP contribution in [0.2, 0.25) is 0 Å². The van der Waals surface area contributed by atoms with Gasteiger partial charge in [-0.05, 0) is 18.9 Å². The molecule has 2 amide bonds. The second-order valence-corrected chi connectivity index (χ2v) is 8.95. The van der Waals surface area contributed by atoms with Gasteiger partial charge in [0.05, 0.1) is 30.2 Å². The van der Waals surface area contributed by atoms with E-state index < -0.39 is 10.0 Å². The van der Waals surface area contributed by atoms with Crippen LogP contribution < -0.4 is 10.0 Å². The number of nitrogens with zero attached hydrogens (tertiary/aromatic N) is 2. The molecule has 0 radical (unpaired) electrons. The monoisotopic (exact) mass is 412 g/mol. The third kappa shape index (κ3) is 5.54. The third-order valence-corrected chi connectivity index (χ3v) is 5.58. The van der Waals surface area contributed by atoms with E-state index in [1.807, 2.05) is 0 Å². The van der Waals surface area contributed by atoms with Crippen molar-refractivity contribution in [2.45, 2.75) is 25.3 Å². The quantitative estimate of drug-likeness (QED) is 0.732. The van der Waals surface area contributed by atoms with Crippen LogP contribution in [-0.2, 0) is 21.2 Å². The first-order valence-corrected chi connectivity index (χ1v) is 11.1. The van der Waals surface area contributed by atoms with Crippen LogP contribution in [0, 0.1) is 0 Å². The fraction of sp³-hybridized carbons (Fsp3) is 0.438. The molecule has 3 rings (SSSR count). The van der Waals surface area contributed by atoms with Gasteiger partial charge in [-0.2, -0.15) is 0 Å². The molecule has 0 spiro atoms. The third-order valence-electron chi connectivity index (χ3n) is 4.08. The van der Waals surface area contributed by atoms with E-state index in [0.717, 1.165) is 17.6 Å². The van der Waals surface area contributed by atoms with Gasteiger partial charge in [-0.3, -0.25) is 14.3 Å². The number of rotatable bonds is 6. The normalized spacial score (nSPS) is 15.5. The van der Waals surface area contributed by atoms with Gasteiger partial charge in [0.25, 0.3) is 5.91 Å². The number of piperidine rings is 1. The SMILES string of the molecule is CS(=O)(=O)Nc1nc(CC(=O)NC2CCN(C(=O)c3ccoc3)CC2)cs1. The lowest BCUT2D eigenvalue weighted by molar-refractivity contribution is -0.121. The number of nitrogens with one attached hydrogen (secondary N) is 2. The van der Waals surface area contributed by atoms with E-state index in [0.29, 0.717) is 37.2 Å². The van der Waals surface area contributed by atoms with Gasteiger partial charge in [-0.1, -0.05) is 0 Å². The van der Waals surface area contributed by atoms with Gasteiger partial charge in [0.15, 0.2) is 5.13 Å². The summed E-state index contributed by atoms with van der Waals surface area (Å²) >= 11 is 1.13. The Balaban J connectivity index is 1.45. The molecular formula is C16H20N4O5S2. The van der Waals surface area contributed by atoms with Gasteiger partial charge in [0.1, 0.15) is 6.26 Å². The fourth-order valence-corrected chi connectivity index (χ4v) is 4.40. The number of likely N-dealkylation sites (tertiary alicyclic amines) is 1. The summed E-state index contributed by atoms with van der Waals surface area (Å²) in [6.07, 6.45) is 5.37. The van der Waals surface area contributed by atoms with Crippen LogP contribution >= 0.6 is 11.3 Å². The van der Waals surface area contributed by atoms with Crippen molar-refractivity contribution in [1.82, 2.24) is 15.2 Å². The van der Waals surface area contributed by atoms with Crippen molar-refractivity contribution in [1.29, 1.82) is 0 Å². The number of carbonyl (C=O) groups excluding carboxylic acids is 2. The Morgan fingerprint density at radius 3 is 2.74 bits per heavy atom. The number of aromatic nitrogens is 1. The van der Waals surface area contributed by atoms with E-state index in [9.17, 15) is 18.0 Å². The lowest BCUT2D eigenvalue weighted by atomic mass is 10.0. The molecule has 27 heavy (non-hydrogen) atoms. The van der Waals surface area contributed by atoms with Crippen molar-refractivity contribution in [2.24, 2.45) is 0 Å². The number of hydrogen-bond donors (Lipinski definition) is 2.